The lowest BCUT2D eigenvalue weighted by molar-refractivity contribution is 0.102. The topological polar surface area (TPSA) is 106 Å². The lowest BCUT2D eigenvalue weighted by Gasteiger charge is -2.38. The molecule has 0 radical (unpaired) electrons. The molecule has 1 aliphatic heterocycles. The van der Waals surface area contributed by atoms with Crippen molar-refractivity contribution in [2.24, 2.45) is 7.05 Å². The fraction of sp³-hybridized carbons (Fsp3) is 0.360. The van der Waals surface area contributed by atoms with Crippen LogP contribution in [0.25, 0.3) is 21.8 Å². The first-order chi connectivity index (χ1) is 16.9. The summed E-state index contributed by atoms with van der Waals surface area (Å²) in [5.74, 6) is 0.849. The third kappa shape index (κ3) is 4.32. The van der Waals surface area contributed by atoms with Gasteiger partial charge in [-0.3, -0.25) is 9.48 Å². The zero-order valence-electron chi connectivity index (χ0n) is 20.5. The summed E-state index contributed by atoms with van der Waals surface area (Å²) in [7, 11) is 4.92. The van der Waals surface area contributed by atoms with Crippen LogP contribution < -0.4 is 25.0 Å². The van der Waals surface area contributed by atoms with E-state index in [1.165, 1.54) is 7.11 Å². The number of carbonyl (C=O) groups excluding carboxylic acids is 1. The van der Waals surface area contributed by atoms with Crippen LogP contribution in [-0.2, 0) is 7.05 Å². The number of piperazine rings is 1. The van der Waals surface area contributed by atoms with Crippen molar-refractivity contribution in [1.29, 1.82) is 0 Å². The van der Waals surface area contributed by atoms with E-state index < -0.39 is 0 Å². The molecule has 0 saturated carbocycles. The summed E-state index contributed by atoms with van der Waals surface area (Å²) in [4.78, 5) is 24.9. The number of pyridine rings is 2. The molecule has 4 aromatic rings. The number of ether oxygens (including phenoxy) is 2. The molecule has 1 saturated heterocycles. The number of fused-ring (bicyclic) bond motifs is 2. The van der Waals surface area contributed by atoms with Gasteiger partial charge in [-0.15, -0.1) is 0 Å². The predicted molar refractivity (Wildman–Crippen MR) is 136 cm³/mol. The van der Waals surface area contributed by atoms with Crippen molar-refractivity contribution in [3.63, 3.8) is 0 Å². The molecule has 1 amide bonds. The van der Waals surface area contributed by atoms with Crippen molar-refractivity contribution in [2.45, 2.75) is 25.9 Å². The van der Waals surface area contributed by atoms with E-state index in [1.54, 1.807) is 17.9 Å². The molecular weight excluding hydrogens is 446 g/mol. The maximum atomic E-state index is 13.4. The Morgan fingerprint density at radius 3 is 2.54 bits per heavy atom. The van der Waals surface area contributed by atoms with Crippen LogP contribution in [0.3, 0.4) is 0 Å². The Kier molecular flexibility index (Phi) is 5.89. The van der Waals surface area contributed by atoms with E-state index in [-0.39, 0.29) is 5.91 Å². The second-order valence-corrected chi connectivity index (χ2v) is 8.97. The molecular formula is C25H29N7O3. The first-order valence-corrected chi connectivity index (χ1v) is 11.5. The Bertz CT molecular complexity index is 1410. The molecule has 10 heteroatoms. The number of methoxy groups -OCH3 is 2. The van der Waals surface area contributed by atoms with Gasteiger partial charge in [-0.2, -0.15) is 10.1 Å². The smallest absolute Gasteiger partial charge is 0.259 e. The molecule has 2 N–H and O–H groups in total. The molecule has 0 spiro atoms. The van der Waals surface area contributed by atoms with Gasteiger partial charge >= 0.3 is 0 Å². The second-order valence-electron chi connectivity index (χ2n) is 8.97. The lowest BCUT2D eigenvalue weighted by Crippen LogP contribution is -2.54. The number of carbonyl (C=O) groups is 1. The second kappa shape index (κ2) is 9.03. The maximum Gasteiger partial charge on any atom is 0.259 e. The minimum Gasteiger partial charge on any atom is -0.481 e. The fourth-order valence-electron chi connectivity index (χ4n) is 4.79. The fourth-order valence-corrected chi connectivity index (χ4v) is 4.79. The van der Waals surface area contributed by atoms with Crippen LogP contribution in [0.15, 0.2) is 36.5 Å². The molecule has 1 aromatic carbocycles. The van der Waals surface area contributed by atoms with E-state index >= 15 is 0 Å². The van der Waals surface area contributed by atoms with Crippen molar-refractivity contribution in [3.8, 4) is 11.8 Å². The Labute approximate surface area is 203 Å². The van der Waals surface area contributed by atoms with Gasteiger partial charge in [-0.25, -0.2) is 4.98 Å². The molecule has 3 aromatic heterocycles. The van der Waals surface area contributed by atoms with Gasteiger partial charge in [-0.1, -0.05) is 0 Å². The highest BCUT2D eigenvalue weighted by Gasteiger charge is 2.24. The standard InChI is InChI=1S/C25H29N7O3/c1-14-11-32(12-15(2)26-14)19-8-6-18(23-17(19)7-9-21(29-23)34-4)24(33)27-20-10-16-13-31(3)30-22(16)25(28-20)35-5/h6-10,13-15,26H,11-12H2,1-5H3,(H,27,33)/t14-,15-/m0/s1. The van der Waals surface area contributed by atoms with E-state index in [2.05, 4.69) is 44.4 Å². The van der Waals surface area contributed by atoms with E-state index in [0.717, 1.165) is 29.5 Å². The van der Waals surface area contributed by atoms with E-state index in [4.69, 9.17) is 9.47 Å². The summed E-state index contributed by atoms with van der Waals surface area (Å²) in [5, 5.41) is 12.5. The predicted octanol–water partition coefficient (Wildman–Crippen LogP) is 2.97. The van der Waals surface area contributed by atoms with Gasteiger partial charge in [0, 0.05) is 60.9 Å². The minimum absolute atomic E-state index is 0.317. The molecule has 182 valence electrons. The molecule has 1 aliphatic rings. The quantitative estimate of drug-likeness (QED) is 0.454. The summed E-state index contributed by atoms with van der Waals surface area (Å²) >= 11 is 0. The van der Waals surface area contributed by atoms with Gasteiger partial charge in [0.05, 0.1) is 25.3 Å². The Hall–Kier alpha value is -3.92. The third-order valence-corrected chi connectivity index (χ3v) is 6.17. The number of aryl methyl sites for hydroxylation is 1. The summed E-state index contributed by atoms with van der Waals surface area (Å²) in [5.41, 5.74) is 2.69. The first kappa shape index (κ1) is 22.9. The summed E-state index contributed by atoms with van der Waals surface area (Å²) in [6.45, 7) is 6.08. The summed E-state index contributed by atoms with van der Waals surface area (Å²) < 4.78 is 12.4. The summed E-state index contributed by atoms with van der Waals surface area (Å²) in [6.07, 6.45) is 1.85. The van der Waals surface area contributed by atoms with Gasteiger partial charge < -0.3 is 25.0 Å². The Balaban J connectivity index is 1.55. The van der Waals surface area contributed by atoms with Crippen molar-refractivity contribution < 1.29 is 14.3 Å². The number of nitrogens with zero attached hydrogens (tertiary/aromatic N) is 5. The van der Waals surface area contributed by atoms with E-state index in [0.29, 0.717) is 46.3 Å². The third-order valence-electron chi connectivity index (χ3n) is 6.17. The zero-order chi connectivity index (χ0) is 24.7. The van der Waals surface area contributed by atoms with E-state index in [1.807, 2.05) is 37.5 Å². The lowest BCUT2D eigenvalue weighted by atomic mass is 10.0. The molecule has 0 aliphatic carbocycles. The first-order valence-electron chi connectivity index (χ1n) is 11.5. The van der Waals surface area contributed by atoms with Crippen molar-refractivity contribution in [3.05, 3.63) is 42.1 Å². The minimum atomic E-state index is -0.317. The molecule has 0 unspecified atom stereocenters. The highest BCUT2D eigenvalue weighted by atomic mass is 16.5. The monoisotopic (exact) mass is 475 g/mol. The summed E-state index contributed by atoms with van der Waals surface area (Å²) in [6, 6.07) is 10.1. The number of benzene rings is 1. The van der Waals surface area contributed by atoms with Crippen LogP contribution in [0.1, 0.15) is 24.2 Å². The molecule has 0 bridgehead atoms. The number of amides is 1. The Morgan fingerprint density at radius 1 is 1.06 bits per heavy atom. The van der Waals surface area contributed by atoms with Gasteiger partial charge in [0.15, 0.2) is 5.52 Å². The van der Waals surface area contributed by atoms with Gasteiger partial charge in [0.25, 0.3) is 5.91 Å². The normalized spacial score (nSPS) is 18.1. The highest BCUT2D eigenvalue weighted by molar-refractivity contribution is 6.14. The average Bonchev–Trinajstić information content (AvgIpc) is 3.21. The number of hydrogen-bond acceptors (Lipinski definition) is 8. The van der Waals surface area contributed by atoms with Gasteiger partial charge in [0.2, 0.25) is 11.8 Å². The molecule has 5 rings (SSSR count). The maximum absolute atomic E-state index is 13.4. The van der Waals surface area contributed by atoms with Gasteiger partial charge in [-0.05, 0) is 38.1 Å². The van der Waals surface area contributed by atoms with Gasteiger partial charge in [0.1, 0.15) is 5.82 Å². The van der Waals surface area contributed by atoms with Crippen LogP contribution in [0.4, 0.5) is 11.5 Å². The molecule has 4 heterocycles. The van der Waals surface area contributed by atoms with Crippen molar-refractivity contribution >= 4 is 39.2 Å². The van der Waals surface area contributed by atoms with Crippen LogP contribution in [-0.4, -0.2) is 65.0 Å². The van der Waals surface area contributed by atoms with Crippen molar-refractivity contribution in [1.82, 2.24) is 25.1 Å². The average molecular weight is 476 g/mol. The SMILES string of the molecule is COc1ccc2c(N3C[C@H](C)N[C@@H](C)C3)ccc(C(=O)Nc3cc4cn(C)nc4c(OC)n3)c2n1. The molecule has 1 fully saturated rings. The van der Waals surface area contributed by atoms with Crippen molar-refractivity contribution in [2.75, 3.05) is 37.5 Å². The van der Waals surface area contributed by atoms with Crippen LogP contribution in [0.2, 0.25) is 0 Å². The Morgan fingerprint density at radius 2 is 1.83 bits per heavy atom. The molecule has 10 nitrogen and oxygen atoms in total. The van der Waals surface area contributed by atoms with Crippen LogP contribution in [0, 0.1) is 0 Å². The number of nitrogens with one attached hydrogen (secondary N) is 2. The number of anilines is 2. The molecule has 35 heavy (non-hydrogen) atoms. The number of rotatable bonds is 5. The molecule has 2 atom stereocenters. The number of hydrogen-bond donors (Lipinski definition) is 2. The largest absolute Gasteiger partial charge is 0.481 e. The van der Waals surface area contributed by atoms with E-state index in [9.17, 15) is 4.79 Å². The van der Waals surface area contributed by atoms with Crippen LogP contribution in [0.5, 0.6) is 11.8 Å². The van der Waals surface area contributed by atoms with Crippen LogP contribution >= 0.6 is 0 Å². The zero-order valence-corrected chi connectivity index (χ0v) is 20.5. The highest BCUT2D eigenvalue weighted by Crippen LogP contribution is 2.32. The number of aromatic nitrogens is 4.